The van der Waals surface area contributed by atoms with Gasteiger partial charge in [-0.3, -0.25) is 0 Å². The van der Waals surface area contributed by atoms with Gasteiger partial charge in [0, 0.05) is 18.3 Å². The highest BCUT2D eigenvalue weighted by atomic mass is 79.9. The summed E-state index contributed by atoms with van der Waals surface area (Å²) >= 11 is 3.51. The molecule has 5 heteroatoms. The van der Waals surface area contributed by atoms with Gasteiger partial charge >= 0.3 is 0 Å². The lowest BCUT2D eigenvalue weighted by Gasteiger charge is -2.23. The summed E-state index contributed by atoms with van der Waals surface area (Å²) in [4.78, 5) is 2.38. The Kier molecular flexibility index (Phi) is 5.53. The van der Waals surface area contributed by atoms with Crippen LogP contribution in [-0.4, -0.2) is 45.3 Å². The van der Waals surface area contributed by atoms with E-state index >= 15 is 0 Å². The van der Waals surface area contributed by atoms with Crippen LogP contribution >= 0.6 is 15.9 Å². The third kappa shape index (κ3) is 3.52. The molecule has 1 aliphatic rings. The van der Waals surface area contributed by atoms with Crippen molar-refractivity contribution < 1.29 is 9.47 Å². The summed E-state index contributed by atoms with van der Waals surface area (Å²) in [5.41, 5.74) is 1.69. The van der Waals surface area contributed by atoms with Crippen LogP contribution in [0, 0.1) is 0 Å². The van der Waals surface area contributed by atoms with E-state index in [1.807, 2.05) is 12.1 Å². The molecule has 0 aliphatic carbocycles. The number of ether oxygens (including phenoxy) is 2. The lowest BCUT2D eigenvalue weighted by atomic mass is 10.1. The maximum absolute atomic E-state index is 5.49. The number of nitrogens with zero attached hydrogens (tertiary/aromatic N) is 1. The molecule has 0 saturated carbocycles. The van der Waals surface area contributed by atoms with Crippen molar-refractivity contribution in [3.8, 4) is 11.5 Å². The highest BCUT2D eigenvalue weighted by Gasteiger charge is 2.22. The molecule has 1 fully saturated rings. The Hall–Kier alpha value is -1.20. The second-order valence-corrected chi connectivity index (χ2v) is 6.15. The van der Waals surface area contributed by atoms with Crippen molar-refractivity contribution in [1.82, 2.24) is 10.2 Å². The Labute approximate surface area is 135 Å². The van der Waals surface area contributed by atoms with Gasteiger partial charge in [0.25, 0.3) is 0 Å². The lowest BCUT2D eigenvalue weighted by molar-refractivity contribution is 0.309. The fourth-order valence-electron chi connectivity index (χ4n) is 2.76. The van der Waals surface area contributed by atoms with E-state index in [4.69, 9.17) is 9.47 Å². The van der Waals surface area contributed by atoms with E-state index in [-0.39, 0.29) is 0 Å². The monoisotopic (exact) mass is 354 g/mol. The Morgan fingerprint density at radius 1 is 1.43 bits per heavy atom. The summed E-state index contributed by atoms with van der Waals surface area (Å²) in [6.45, 7) is 6.21. The highest BCUT2D eigenvalue weighted by Crippen LogP contribution is 2.38. The van der Waals surface area contributed by atoms with E-state index in [9.17, 15) is 0 Å². The van der Waals surface area contributed by atoms with Crippen LogP contribution in [0.15, 0.2) is 23.2 Å². The lowest BCUT2D eigenvalue weighted by Crippen LogP contribution is -2.34. The highest BCUT2D eigenvalue weighted by molar-refractivity contribution is 9.10. The largest absolute Gasteiger partial charge is 0.496 e. The number of benzene rings is 1. The van der Waals surface area contributed by atoms with E-state index in [1.54, 1.807) is 14.2 Å². The molecule has 2 rings (SSSR count). The minimum atomic E-state index is 0.561. The van der Waals surface area contributed by atoms with Crippen LogP contribution in [0.25, 0.3) is 5.70 Å². The number of hydrogen-bond acceptors (Lipinski definition) is 4. The van der Waals surface area contributed by atoms with Crippen molar-refractivity contribution in [3.05, 3.63) is 28.7 Å². The van der Waals surface area contributed by atoms with Crippen molar-refractivity contribution in [1.29, 1.82) is 0 Å². The fraction of sp³-hybridized carbons (Fsp3) is 0.500. The molecule has 21 heavy (non-hydrogen) atoms. The molecule has 1 unspecified atom stereocenters. The predicted molar refractivity (Wildman–Crippen MR) is 89.9 cm³/mol. The van der Waals surface area contributed by atoms with Crippen molar-refractivity contribution in [2.75, 3.05) is 34.4 Å². The maximum atomic E-state index is 5.49. The number of likely N-dealkylation sites (N-methyl/N-ethyl adjacent to an activating group) is 1. The Morgan fingerprint density at radius 3 is 2.76 bits per heavy atom. The molecular formula is C16H23BrN2O2. The van der Waals surface area contributed by atoms with Gasteiger partial charge < -0.3 is 19.7 Å². The maximum Gasteiger partial charge on any atom is 0.146 e. The Morgan fingerprint density at radius 2 is 2.19 bits per heavy atom. The molecule has 1 aromatic rings. The summed E-state index contributed by atoms with van der Waals surface area (Å²) < 4.78 is 11.8. The second kappa shape index (κ2) is 7.18. The zero-order chi connectivity index (χ0) is 15.4. The molecule has 1 N–H and O–H groups in total. The number of methoxy groups -OCH3 is 2. The molecule has 0 radical (unpaired) electrons. The van der Waals surface area contributed by atoms with Gasteiger partial charge in [-0.15, -0.1) is 0 Å². The molecule has 1 atom stereocenters. The zero-order valence-electron chi connectivity index (χ0n) is 12.9. The van der Waals surface area contributed by atoms with Crippen molar-refractivity contribution in [2.45, 2.75) is 18.9 Å². The number of nitrogens with one attached hydrogen (secondary N) is 1. The first-order valence-electron chi connectivity index (χ1n) is 7.12. The number of halogens is 1. The quantitative estimate of drug-likeness (QED) is 0.850. The molecule has 0 spiro atoms. The van der Waals surface area contributed by atoms with Crippen molar-refractivity contribution in [2.24, 2.45) is 0 Å². The summed E-state index contributed by atoms with van der Waals surface area (Å²) in [6, 6.07) is 4.39. The van der Waals surface area contributed by atoms with Crippen LogP contribution in [0.3, 0.4) is 0 Å². The Bertz CT molecular complexity index is 519. The van der Waals surface area contributed by atoms with E-state index in [0.29, 0.717) is 6.04 Å². The zero-order valence-corrected chi connectivity index (χ0v) is 14.5. The Balaban J connectivity index is 2.16. The van der Waals surface area contributed by atoms with Gasteiger partial charge in [0.15, 0.2) is 0 Å². The summed E-state index contributed by atoms with van der Waals surface area (Å²) in [5, 5.41) is 3.43. The smallest absolute Gasteiger partial charge is 0.146 e. The molecule has 1 aromatic carbocycles. The average molecular weight is 355 g/mol. The minimum absolute atomic E-state index is 0.561. The second-order valence-electron chi connectivity index (χ2n) is 5.29. The molecule has 1 heterocycles. The van der Waals surface area contributed by atoms with E-state index < -0.39 is 0 Å². The van der Waals surface area contributed by atoms with Crippen molar-refractivity contribution in [3.63, 3.8) is 0 Å². The van der Waals surface area contributed by atoms with Gasteiger partial charge in [0.1, 0.15) is 11.5 Å². The third-order valence-corrected chi connectivity index (χ3v) is 4.64. The molecule has 1 saturated heterocycles. The van der Waals surface area contributed by atoms with E-state index in [2.05, 4.69) is 39.8 Å². The topological polar surface area (TPSA) is 33.7 Å². The molecule has 0 amide bonds. The van der Waals surface area contributed by atoms with Crippen LogP contribution in [0.5, 0.6) is 11.5 Å². The van der Waals surface area contributed by atoms with Gasteiger partial charge in [-0.25, -0.2) is 0 Å². The SMILES string of the molecule is C=C(NCC1CCCN1C)c1c(OC)ccc(Br)c1OC. The number of likely N-dealkylation sites (tertiary alicyclic amines) is 1. The van der Waals surface area contributed by atoms with Crippen LogP contribution < -0.4 is 14.8 Å². The van der Waals surface area contributed by atoms with Gasteiger partial charge in [-0.1, -0.05) is 6.58 Å². The first-order valence-corrected chi connectivity index (χ1v) is 7.91. The van der Waals surface area contributed by atoms with Gasteiger partial charge in [0.05, 0.1) is 24.3 Å². The predicted octanol–water partition coefficient (Wildman–Crippen LogP) is 3.12. The number of rotatable bonds is 6. The van der Waals surface area contributed by atoms with Crippen molar-refractivity contribution >= 4 is 21.6 Å². The summed E-state index contributed by atoms with van der Waals surface area (Å²) in [7, 11) is 5.48. The van der Waals surface area contributed by atoms with Crippen LogP contribution in [-0.2, 0) is 0 Å². The van der Waals surface area contributed by atoms with Crippen LogP contribution in [0.4, 0.5) is 0 Å². The van der Waals surface area contributed by atoms with E-state index in [0.717, 1.165) is 33.8 Å². The minimum Gasteiger partial charge on any atom is -0.496 e. The van der Waals surface area contributed by atoms with Gasteiger partial charge in [-0.05, 0) is 54.5 Å². The molecule has 0 bridgehead atoms. The summed E-state index contributed by atoms with van der Waals surface area (Å²) in [6.07, 6.45) is 2.49. The van der Waals surface area contributed by atoms with Gasteiger partial charge in [-0.2, -0.15) is 0 Å². The van der Waals surface area contributed by atoms with Crippen LogP contribution in [0.1, 0.15) is 18.4 Å². The summed E-state index contributed by atoms with van der Waals surface area (Å²) in [5.74, 6) is 1.50. The fourth-order valence-corrected chi connectivity index (χ4v) is 3.25. The molecule has 0 aromatic heterocycles. The number of hydrogen-bond donors (Lipinski definition) is 1. The first kappa shape index (κ1) is 16.2. The standard InChI is InChI=1S/C16H23BrN2O2/c1-11(18-10-12-6-5-9-19(12)2)15-14(20-3)8-7-13(17)16(15)21-4/h7-8,12,18H,1,5-6,9-10H2,2-4H3. The molecular weight excluding hydrogens is 332 g/mol. The molecule has 1 aliphatic heterocycles. The van der Waals surface area contributed by atoms with Crippen LogP contribution in [0.2, 0.25) is 0 Å². The molecule has 4 nitrogen and oxygen atoms in total. The molecule has 116 valence electrons. The normalized spacial score (nSPS) is 18.6. The average Bonchev–Trinajstić information content (AvgIpc) is 2.89. The third-order valence-electron chi connectivity index (χ3n) is 4.02. The van der Waals surface area contributed by atoms with E-state index in [1.165, 1.54) is 19.4 Å². The first-order chi connectivity index (χ1) is 10.1. The van der Waals surface area contributed by atoms with Gasteiger partial charge in [0.2, 0.25) is 0 Å².